The quantitative estimate of drug-likeness (QED) is 0.174. The van der Waals surface area contributed by atoms with E-state index in [2.05, 4.69) is 13.8 Å². The van der Waals surface area contributed by atoms with Crippen molar-refractivity contribution in [2.75, 3.05) is 26.4 Å². The molecule has 0 aliphatic carbocycles. The molecule has 8 heteroatoms. The van der Waals surface area contributed by atoms with Gasteiger partial charge in [-0.05, 0) is 26.7 Å². The molecule has 0 aromatic heterocycles. The molecule has 6 N–H and O–H groups in total. The summed E-state index contributed by atoms with van der Waals surface area (Å²) >= 11 is 0. The number of hydrogen-bond acceptors (Lipinski definition) is 6. The second-order valence-corrected chi connectivity index (χ2v) is 7.76. The molecule has 0 rings (SSSR count). The molecule has 0 aliphatic rings. The zero-order valence-electron chi connectivity index (χ0n) is 19.0. The van der Waals surface area contributed by atoms with Gasteiger partial charge in [0.25, 0.3) is 0 Å². The minimum absolute atomic E-state index is 0. The van der Waals surface area contributed by atoms with Gasteiger partial charge in [0.2, 0.25) is 0 Å². The van der Waals surface area contributed by atoms with Crippen molar-refractivity contribution in [3.8, 4) is 0 Å². The number of rotatable bonds is 16. The van der Waals surface area contributed by atoms with Crippen LogP contribution in [-0.4, -0.2) is 41.5 Å². The van der Waals surface area contributed by atoms with Crippen molar-refractivity contribution in [3.05, 3.63) is 0 Å². The van der Waals surface area contributed by atoms with Gasteiger partial charge in [-0.3, -0.25) is 9.05 Å². The largest absolute Gasteiger partial charge is 0.472 e. The summed E-state index contributed by atoms with van der Waals surface area (Å²) in [5.74, 6) is 0. The van der Waals surface area contributed by atoms with Crippen LogP contribution >= 0.6 is 7.82 Å². The molecule has 0 atom stereocenters. The predicted octanol–water partition coefficient (Wildman–Crippen LogP) is 6.00. The third-order valence-electron chi connectivity index (χ3n) is 3.50. The van der Waals surface area contributed by atoms with Gasteiger partial charge in [0, 0.05) is 13.2 Å². The van der Waals surface area contributed by atoms with Crippen molar-refractivity contribution >= 4 is 7.82 Å². The van der Waals surface area contributed by atoms with E-state index in [-0.39, 0.29) is 19.4 Å². The molecule has 0 saturated heterocycles. The third kappa shape index (κ3) is 40.6. The van der Waals surface area contributed by atoms with Gasteiger partial charge in [-0.1, -0.05) is 78.1 Å². The Bertz CT molecular complexity index is 272. The molecule has 0 radical (unpaired) electrons. The zero-order chi connectivity index (χ0) is 21.2. The maximum absolute atomic E-state index is 11.6. The third-order valence-corrected chi connectivity index (χ3v) is 4.52. The van der Waals surface area contributed by atoms with Gasteiger partial charge in [0.15, 0.2) is 0 Å². The molecular formula is C20H50NO6P. The Kier molecular flexibility index (Phi) is 40.1. The molecule has 0 heterocycles. The summed E-state index contributed by atoms with van der Waals surface area (Å²) in [6, 6.07) is 0. The summed E-state index contributed by atoms with van der Waals surface area (Å²) in [7, 11) is -3.82. The Labute approximate surface area is 174 Å². The maximum atomic E-state index is 11.6. The van der Waals surface area contributed by atoms with Gasteiger partial charge < -0.3 is 21.3 Å². The van der Waals surface area contributed by atoms with Crippen LogP contribution in [0.5, 0.6) is 0 Å². The van der Waals surface area contributed by atoms with Crippen molar-refractivity contribution in [2.24, 2.45) is 0 Å². The summed E-state index contributed by atoms with van der Waals surface area (Å²) in [4.78, 5) is 9.51. The summed E-state index contributed by atoms with van der Waals surface area (Å²) in [6.07, 6.45) is 13.6. The van der Waals surface area contributed by atoms with E-state index in [9.17, 15) is 9.46 Å². The lowest BCUT2D eigenvalue weighted by Crippen LogP contribution is -1.99. The average molecular weight is 432 g/mol. The first-order valence-electron chi connectivity index (χ1n) is 10.8. The Morgan fingerprint density at radius 1 is 0.607 bits per heavy atom. The van der Waals surface area contributed by atoms with E-state index in [0.29, 0.717) is 13.2 Å². The predicted molar refractivity (Wildman–Crippen MR) is 119 cm³/mol. The van der Waals surface area contributed by atoms with Gasteiger partial charge in [-0.15, -0.1) is 0 Å². The Morgan fingerprint density at radius 2 is 0.857 bits per heavy atom. The monoisotopic (exact) mass is 431 g/mol. The first kappa shape index (κ1) is 35.4. The summed E-state index contributed by atoms with van der Waals surface area (Å²) in [5.41, 5.74) is 0. The molecule has 0 bridgehead atoms. The topological polar surface area (TPSA) is 131 Å². The van der Waals surface area contributed by atoms with Crippen molar-refractivity contribution in [3.63, 3.8) is 0 Å². The van der Waals surface area contributed by atoms with Crippen LogP contribution in [0.1, 0.15) is 105 Å². The normalized spacial score (nSPS) is 10.2. The lowest BCUT2D eigenvalue weighted by atomic mass is 10.1. The number of phosphoric ester groups is 1. The molecule has 0 aromatic carbocycles. The van der Waals surface area contributed by atoms with Gasteiger partial charge >= 0.3 is 7.82 Å². The number of unbranched alkanes of at least 4 members (excludes halogenated alkanes) is 10. The maximum Gasteiger partial charge on any atom is 0.472 e. The molecule has 0 fully saturated rings. The van der Waals surface area contributed by atoms with Gasteiger partial charge in [0.05, 0.1) is 13.2 Å². The van der Waals surface area contributed by atoms with Crippen LogP contribution in [0, 0.1) is 0 Å². The van der Waals surface area contributed by atoms with Crippen molar-refractivity contribution in [2.45, 2.75) is 105 Å². The van der Waals surface area contributed by atoms with Gasteiger partial charge in [-0.2, -0.15) is 0 Å². The fraction of sp³-hybridized carbons (Fsp3) is 1.00. The molecule has 176 valence electrons. The second kappa shape index (κ2) is 31.7. The van der Waals surface area contributed by atoms with E-state index >= 15 is 0 Å². The summed E-state index contributed by atoms with van der Waals surface area (Å²) < 4.78 is 21.5. The van der Waals surface area contributed by atoms with Crippen LogP contribution in [0.15, 0.2) is 0 Å². The van der Waals surface area contributed by atoms with Crippen LogP contribution in [0.2, 0.25) is 0 Å². The summed E-state index contributed by atoms with van der Waals surface area (Å²) in [6.45, 7) is 8.87. The van der Waals surface area contributed by atoms with E-state index in [1.165, 1.54) is 51.4 Å². The average Bonchev–Trinajstić information content (AvgIpc) is 2.61. The Morgan fingerprint density at radius 3 is 1.14 bits per heavy atom. The number of phosphoric acid groups is 1. The van der Waals surface area contributed by atoms with Crippen molar-refractivity contribution < 1.29 is 28.7 Å². The van der Waals surface area contributed by atoms with Crippen LogP contribution < -0.4 is 6.15 Å². The highest BCUT2D eigenvalue weighted by molar-refractivity contribution is 7.47. The Hall–Kier alpha value is -0.0100. The van der Waals surface area contributed by atoms with Crippen molar-refractivity contribution in [1.29, 1.82) is 0 Å². The Balaban J connectivity index is -0.000000362. The molecule has 0 aliphatic heterocycles. The van der Waals surface area contributed by atoms with Gasteiger partial charge in [0.1, 0.15) is 0 Å². The minimum Gasteiger partial charge on any atom is -0.397 e. The smallest absolute Gasteiger partial charge is 0.397 e. The van der Waals surface area contributed by atoms with E-state index in [1.807, 2.05) is 0 Å². The van der Waals surface area contributed by atoms with Crippen LogP contribution in [0.25, 0.3) is 0 Å². The highest BCUT2D eigenvalue weighted by atomic mass is 31.2. The van der Waals surface area contributed by atoms with E-state index in [0.717, 1.165) is 25.7 Å². The zero-order valence-corrected chi connectivity index (χ0v) is 19.9. The standard InChI is InChI=1S/C16H35O4P.2C2H6O.H3N/c1-3-5-7-9-11-13-15-19-21(17,18)20-16-14-12-10-8-6-4-2;2*1-2-3;/h3-16H2,1-2H3,(H,17,18);2*3H,2H2,1H3;1H3. The fourth-order valence-electron chi connectivity index (χ4n) is 2.16. The fourth-order valence-corrected chi connectivity index (χ4v) is 2.96. The molecule has 0 saturated carbocycles. The van der Waals surface area contributed by atoms with E-state index < -0.39 is 7.82 Å². The van der Waals surface area contributed by atoms with Crippen molar-refractivity contribution in [1.82, 2.24) is 6.15 Å². The van der Waals surface area contributed by atoms with Gasteiger partial charge in [-0.25, -0.2) is 4.57 Å². The molecule has 28 heavy (non-hydrogen) atoms. The number of aliphatic hydroxyl groups is 2. The molecular weight excluding hydrogens is 381 g/mol. The molecule has 0 spiro atoms. The molecule has 0 unspecified atom stereocenters. The molecule has 7 nitrogen and oxygen atoms in total. The number of hydrogen-bond donors (Lipinski definition) is 4. The minimum atomic E-state index is -3.82. The second-order valence-electron chi connectivity index (χ2n) is 6.30. The number of aliphatic hydroxyl groups excluding tert-OH is 2. The van der Waals surface area contributed by atoms with Crippen LogP contribution in [0.3, 0.4) is 0 Å². The summed E-state index contributed by atoms with van der Waals surface area (Å²) in [5, 5.41) is 15.1. The molecule has 0 amide bonds. The lowest BCUT2D eigenvalue weighted by molar-refractivity contribution is 0.145. The van der Waals surface area contributed by atoms with E-state index in [1.54, 1.807) is 13.8 Å². The lowest BCUT2D eigenvalue weighted by Gasteiger charge is -2.12. The first-order chi connectivity index (χ1) is 12.9. The highest BCUT2D eigenvalue weighted by Gasteiger charge is 2.19. The molecule has 0 aromatic rings. The van der Waals surface area contributed by atoms with E-state index in [4.69, 9.17) is 19.3 Å². The van der Waals surface area contributed by atoms with Crippen LogP contribution in [-0.2, 0) is 13.6 Å². The highest BCUT2D eigenvalue weighted by Crippen LogP contribution is 2.43. The SMILES string of the molecule is CCCCCCCCOP(=O)(O)OCCCCCCCC.CCO.CCO.N. The van der Waals surface area contributed by atoms with Crippen LogP contribution in [0.4, 0.5) is 0 Å². The first-order valence-corrected chi connectivity index (χ1v) is 12.3.